The monoisotopic (exact) mass is 478 g/mol. The predicted molar refractivity (Wildman–Crippen MR) is 123 cm³/mol. The SMILES string of the molecule is CSC1O[C@H]([C@H](NC(=O)[C@@H]2[C@@H]3OCC[C@H](C(C)C)C[C@H]3CN2C)[C@H](C)Cl)C[C@@H](O)[C@H]1O. The molecule has 3 rings (SSSR count). The van der Waals surface area contributed by atoms with E-state index in [0.29, 0.717) is 24.4 Å². The van der Waals surface area contributed by atoms with E-state index in [4.69, 9.17) is 21.1 Å². The number of carbonyl (C=O) groups is 1. The first-order valence-corrected chi connectivity index (χ1v) is 13.2. The summed E-state index contributed by atoms with van der Waals surface area (Å²) in [7, 11) is 1.98. The lowest BCUT2D eigenvalue weighted by Gasteiger charge is -2.41. The lowest BCUT2D eigenvalue weighted by Crippen LogP contribution is -2.59. The number of ether oxygens (including phenoxy) is 2. The molecule has 1 amide bonds. The van der Waals surface area contributed by atoms with Crippen LogP contribution in [0.4, 0.5) is 0 Å². The van der Waals surface area contributed by atoms with Crippen LogP contribution in [0, 0.1) is 17.8 Å². The molecule has 3 N–H and O–H groups in total. The molecule has 0 aromatic rings. The molecule has 7 nitrogen and oxygen atoms in total. The molecule has 0 radical (unpaired) electrons. The van der Waals surface area contributed by atoms with Crippen molar-refractivity contribution >= 4 is 29.3 Å². The molecule has 0 aromatic heterocycles. The van der Waals surface area contributed by atoms with Crippen LogP contribution in [0.25, 0.3) is 0 Å². The van der Waals surface area contributed by atoms with Crippen molar-refractivity contribution in [3.63, 3.8) is 0 Å². The second kappa shape index (κ2) is 10.9. The Kier molecular flexibility index (Phi) is 8.97. The Bertz CT molecular complexity index is 612. The van der Waals surface area contributed by atoms with E-state index in [1.807, 2.05) is 20.2 Å². The van der Waals surface area contributed by atoms with Gasteiger partial charge in [-0.2, -0.15) is 0 Å². The summed E-state index contributed by atoms with van der Waals surface area (Å²) >= 11 is 7.80. The minimum Gasteiger partial charge on any atom is -0.390 e. The zero-order valence-electron chi connectivity index (χ0n) is 19.2. The summed E-state index contributed by atoms with van der Waals surface area (Å²) in [5, 5.41) is 23.1. The first-order chi connectivity index (χ1) is 14.6. The average molecular weight is 479 g/mol. The van der Waals surface area contributed by atoms with Gasteiger partial charge in [-0.25, -0.2) is 0 Å². The summed E-state index contributed by atoms with van der Waals surface area (Å²) in [6.07, 6.45) is 1.69. The standard InChI is InChI=1S/C22H39ClN2O5S/c1-11(2)13-6-7-29-20-14(8-13)10-25(4)18(20)21(28)24-17(12(3)23)16-9-15(26)19(27)22(30-16)31-5/h11-20,22,26-27H,6-10H2,1-5H3,(H,24,28)/t12-,13-,14-,15+,16-,17+,18-,19+,20+,22?/m0/s1. The third kappa shape index (κ3) is 5.70. The number of nitrogens with zero attached hydrogens (tertiary/aromatic N) is 1. The van der Waals surface area contributed by atoms with Crippen LogP contribution in [0.1, 0.15) is 40.0 Å². The Hall–Kier alpha value is -0.0900. The maximum atomic E-state index is 13.4. The van der Waals surface area contributed by atoms with Crippen LogP contribution < -0.4 is 5.32 Å². The third-order valence-corrected chi connectivity index (χ3v) is 8.41. The number of hydrogen-bond donors (Lipinski definition) is 3. The molecule has 0 saturated carbocycles. The van der Waals surface area contributed by atoms with Crippen molar-refractivity contribution < 1.29 is 24.5 Å². The number of nitrogens with one attached hydrogen (secondary N) is 1. The molecule has 3 aliphatic heterocycles. The van der Waals surface area contributed by atoms with Crippen molar-refractivity contribution in [2.45, 2.75) is 87.3 Å². The summed E-state index contributed by atoms with van der Waals surface area (Å²) < 4.78 is 12.2. The Morgan fingerprint density at radius 2 is 1.97 bits per heavy atom. The van der Waals surface area contributed by atoms with E-state index in [1.165, 1.54) is 11.8 Å². The molecular weight excluding hydrogens is 440 g/mol. The summed E-state index contributed by atoms with van der Waals surface area (Å²) in [6.45, 7) is 7.86. The molecule has 0 spiro atoms. The molecule has 3 saturated heterocycles. The zero-order chi connectivity index (χ0) is 22.9. The fourth-order valence-corrected chi connectivity index (χ4v) is 6.33. The molecule has 0 aromatic carbocycles. The van der Waals surface area contributed by atoms with Crippen LogP contribution in [0.15, 0.2) is 0 Å². The molecule has 0 aliphatic carbocycles. The minimum atomic E-state index is -0.955. The lowest BCUT2D eigenvalue weighted by atomic mass is 9.83. The highest BCUT2D eigenvalue weighted by molar-refractivity contribution is 7.99. The van der Waals surface area contributed by atoms with Gasteiger partial charge in [-0.05, 0) is 44.9 Å². The van der Waals surface area contributed by atoms with Crippen LogP contribution >= 0.6 is 23.4 Å². The lowest BCUT2D eigenvalue weighted by molar-refractivity contribution is -0.149. The van der Waals surface area contributed by atoms with Crippen LogP contribution in [-0.4, -0.2) is 94.8 Å². The highest BCUT2D eigenvalue weighted by Crippen LogP contribution is 2.37. The van der Waals surface area contributed by atoms with Gasteiger partial charge in [-0.3, -0.25) is 9.69 Å². The second-order valence-electron chi connectivity index (χ2n) is 9.79. The zero-order valence-corrected chi connectivity index (χ0v) is 20.8. The molecule has 10 atom stereocenters. The van der Waals surface area contributed by atoms with Gasteiger partial charge in [0.1, 0.15) is 17.6 Å². The van der Waals surface area contributed by atoms with Crippen LogP contribution in [-0.2, 0) is 14.3 Å². The van der Waals surface area contributed by atoms with Crippen molar-refractivity contribution in [2.75, 3.05) is 26.5 Å². The summed E-state index contributed by atoms with van der Waals surface area (Å²) in [5.41, 5.74) is -0.555. The molecule has 3 heterocycles. The Labute approximate surface area is 195 Å². The topological polar surface area (TPSA) is 91.3 Å². The number of fused-ring (bicyclic) bond motifs is 1. The maximum absolute atomic E-state index is 13.4. The Balaban J connectivity index is 1.71. The number of likely N-dealkylation sites (N-methyl/N-ethyl adjacent to an activating group) is 1. The first-order valence-electron chi connectivity index (χ1n) is 11.4. The second-order valence-corrected chi connectivity index (χ2v) is 11.4. The number of alkyl halides is 1. The van der Waals surface area contributed by atoms with E-state index in [0.717, 1.165) is 19.4 Å². The fraction of sp³-hybridized carbons (Fsp3) is 0.955. The van der Waals surface area contributed by atoms with E-state index >= 15 is 0 Å². The molecule has 31 heavy (non-hydrogen) atoms. The number of carbonyl (C=O) groups excluding carboxylic acids is 1. The van der Waals surface area contributed by atoms with Gasteiger partial charge in [0.25, 0.3) is 0 Å². The largest absolute Gasteiger partial charge is 0.390 e. The average Bonchev–Trinajstić information content (AvgIpc) is 2.87. The molecular formula is C22H39ClN2O5S. The highest BCUT2D eigenvalue weighted by atomic mass is 35.5. The minimum absolute atomic E-state index is 0.111. The van der Waals surface area contributed by atoms with E-state index in [2.05, 4.69) is 24.1 Å². The van der Waals surface area contributed by atoms with Gasteiger partial charge in [0.05, 0.1) is 29.7 Å². The Morgan fingerprint density at radius 1 is 1.26 bits per heavy atom. The van der Waals surface area contributed by atoms with Crippen LogP contribution in [0.5, 0.6) is 0 Å². The van der Waals surface area contributed by atoms with Crippen LogP contribution in [0.3, 0.4) is 0 Å². The van der Waals surface area contributed by atoms with E-state index < -0.39 is 35.2 Å². The van der Waals surface area contributed by atoms with Crippen LogP contribution in [0.2, 0.25) is 0 Å². The van der Waals surface area contributed by atoms with E-state index in [1.54, 1.807) is 0 Å². The van der Waals surface area contributed by atoms with Gasteiger partial charge < -0.3 is 25.0 Å². The van der Waals surface area contributed by atoms with E-state index in [9.17, 15) is 15.0 Å². The molecule has 9 heteroatoms. The van der Waals surface area contributed by atoms with Gasteiger partial charge >= 0.3 is 0 Å². The highest BCUT2D eigenvalue weighted by Gasteiger charge is 2.48. The predicted octanol–water partition coefficient (Wildman–Crippen LogP) is 1.68. The van der Waals surface area contributed by atoms with Gasteiger partial charge in [0, 0.05) is 25.5 Å². The van der Waals surface area contributed by atoms with Gasteiger partial charge in [0.2, 0.25) is 5.91 Å². The Morgan fingerprint density at radius 3 is 2.58 bits per heavy atom. The number of thioether (sulfide) groups is 1. The summed E-state index contributed by atoms with van der Waals surface area (Å²) in [6, 6.07) is -0.850. The number of aliphatic hydroxyl groups excluding tert-OH is 2. The smallest absolute Gasteiger partial charge is 0.240 e. The number of likely N-dealkylation sites (tertiary alicyclic amines) is 1. The molecule has 3 fully saturated rings. The van der Waals surface area contributed by atoms with Crippen molar-refractivity contribution in [2.24, 2.45) is 17.8 Å². The van der Waals surface area contributed by atoms with Gasteiger partial charge in [0.15, 0.2) is 0 Å². The van der Waals surface area contributed by atoms with Crippen molar-refractivity contribution in [3.8, 4) is 0 Å². The van der Waals surface area contributed by atoms with Crippen molar-refractivity contribution in [3.05, 3.63) is 0 Å². The summed E-state index contributed by atoms with van der Waals surface area (Å²) in [4.78, 5) is 15.5. The number of amides is 1. The van der Waals surface area contributed by atoms with Crippen molar-refractivity contribution in [1.82, 2.24) is 10.2 Å². The quantitative estimate of drug-likeness (QED) is 0.500. The van der Waals surface area contributed by atoms with Crippen molar-refractivity contribution in [1.29, 1.82) is 0 Å². The molecule has 1 unspecified atom stereocenters. The summed E-state index contributed by atoms with van der Waals surface area (Å²) in [5.74, 6) is 1.45. The maximum Gasteiger partial charge on any atom is 0.240 e. The van der Waals surface area contributed by atoms with Gasteiger partial charge in [-0.1, -0.05) is 13.8 Å². The van der Waals surface area contributed by atoms with E-state index in [-0.39, 0.29) is 24.5 Å². The third-order valence-electron chi connectivity index (χ3n) is 7.28. The number of rotatable bonds is 6. The molecule has 180 valence electrons. The van der Waals surface area contributed by atoms with Gasteiger partial charge in [-0.15, -0.1) is 23.4 Å². The first kappa shape index (κ1) is 25.5. The number of halogens is 1. The molecule has 3 aliphatic rings. The fourth-order valence-electron chi connectivity index (χ4n) is 5.40. The normalized spacial score (nSPS) is 41.5. The number of aliphatic hydroxyl groups is 2. The molecule has 0 bridgehead atoms. The number of hydrogen-bond acceptors (Lipinski definition) is 7.